The number of benzene rings is 3. The first-order chi connectivity index (χ1) is 16.8. The van der Waals surface area contributed by atoms with Crippen molar-refractivity contribution in [2.75, 3.05) is 5.32 Å². The molecule has 0 aliphatic heterocycles. The van der Waals surface area contributed by atoms with Crippen LogP contribution in [0.25, 0.3) is 22.0 Å². The molecule has 5 heteroatoms. The van der Waals surface area contributed by atoms with Gasteiger partial charge in [-0.2, -0.15) is 0 Å². The first kappa shape index (κ1) is 22.9. The number of hydrogen-bond donors (Lipinski definition) is 1. The fourth-order valence-electron chi connectivity index (χ4n) is 4.60. The molecule has 0 fully saturated rings. The molecular weight excluding hydrogens is 436 g/mol. The van der Waals surface area contributed by atoms with Crippen LogP contribution in [0.2, 0.25) is 0 Å². The number of aryl methyl sites for hydroxylation is 1. The molecule has 3 aromatic carbocycles. The average molecular weight is 467 g/mol. The first-order valence-electron chi connectivity index (χ1n) is 12.1. The second-order valence-electron chi connectivity index (χ2n) is 9.91. The molecule has 4 aromatic rings. The molecule has 0 radical (unpaired) electrons. The quantitative estimate of drug-likeness (QED) is 0.297. The smallest absolute Gasteiger partial charge is 0.311 e. The SMILES string of the molecule is CCC(C)(C)C(=O)OCc1ccc(Nc2ccc3c4c(cc(=O)n3C)-c3ccccc3Cc24)cc1. The van der Waals surface area contributed by atoms with E-state index in [0.717, 1.165) is 51.8 Å². The number of fused-ring (bicyclic) bond motifs is 2. The molecule has 1 N–H and O–H groups in total. The number of esters is 1. The summed E-state index contributed by atoms with van der Waals surface area (Å²) in [7, 11) is 1.83. The number of anilines is 2. The van der Waals surface area contributed by atoms with Gasteiger partial charge in [-0.1, -0.05) is 43.3 Å². The summed E-state index contributed by atoms with van der Waals surface area (Å²) in [4.78, 5) is 24.9. The molecule has 1 aliphatic carbocycles. The standard InChI is InChI=1S/C30H30N2O3/c1-5-30(2,3)29(34)35-18-19-10-12-21(13-11-19)31-25-14-15-26-28-23(17-27(33)32(26)4)22-9-7-6-8-20(22)16-24(25)28/h6-15,17,31H,5,16,18H2,1-4H3. The number of nitrogens with zero attached hydrogens (tertiary/aromatic N) is 1. The number of ether oxygens (including phenoxy) is 1. The molecule has 5 nitrogen and oxygen atoms in total. The van der Waals surface area contributed by atoms with Gasteiger partial charge in [-0.25, -0.2) is 0 Å². The van der Waals surface area contributed by atoms with Gasteiger partial charge in [-0.3, -0.25) is 9.59 Å². The van der Waals surface area contributed by atoms with E-state index in [1.807, 2.05) is 70.3 Å². The normalized spacial score (nSPS) is 12.3. The maximum atomic E-state index is 12.6. The topological polar surface area (TPSA) is 60.3 Å². The van der Waals surface area contributed by atoms with Gasteiger partial charge < -0.3 is 14.6 Å². The van der Waals surface area contributed by atoms with Crippen molar-refractivity contribution in [1.29, 1.82) is 0 Å². The van der Waals surface area contributed by atoms with E-state index in [1.54, 1.807) is 10.6 Å². The van der Waals surface area contributed by atoms with E-state index in [2.05, 4.69) is 23.5 Å². The lowest BCUT2D eigenvalue weighted by atomic mass is 9.84. The predicted octanol–water partition coefficient (Wildman–Crippen LogP) is 6.33. The fourth-order valence-corrected chi connectivity index (χ4v) is 4.60. The third-order valence-corrected chi connectivity index (χ3v) is 7.23. The number of carbonyl (C=O) groups excluding carboxylic acids is 1. The summed E-state index contributed by atoms with van der Waals surface area (Å²) in [5.41, 5.74) is 7.92. The van der Waals surface area contributed by atoms with Crippen LogP contribution in [0.4, 0.5) is 11.4 Å². The summed E-state index contributed by atoms with van der Waals surface area (Å²) < 4.78 is 7.23. The number of pyridine rings is 1. The number of nitrogens with one attached hydrogen (secondary N) is 1. The van der Waals surface area contributed by atoms with Crippen molar-refractivity contribution in [2.45, 2.75) is 40.2 Å². The minimum atomic E-state index is -0.472. The van der Waals surface area contributed by atoms with Crippen molar-refractivity contribution in [3.05, 3.63) is 93.8 Å². The molecule has 0 unspecified atom stereocenters. The van der Waals surface area contributed by atoms with Gasteiger partial charge >= 0.3 is 5.97 Å². The van der Waals surface area contributed by atoms with E-state index < -0.39 is 5.41 Å². The Hall–Kier alpha value is -3.86. The number of hydrogen-bond acceptors (Lipinski definition) is 4. The summed E-state index contributed by atoms with van der Waals surface area (Å²) in [6.07, 6.45) is 1.53. The maximum Gasteiger partial charge on any atom is 0.311 e. The molecular formula is C30H30N2O3. The molecule has 0 saturated carbocycles. The second-order valence-corrected chi connectivity index (χ2v) is 9.91. The van der Waals surface area contributed by atoms with Crippen molar-refractivity contribution in [3.8, 4) is 11.1 Å². The lowest BCUT2D eigenvalue weighted by Gasteiger charge is -2.24. The molecule has 0 spiro atoms. The number of carbonyl (C=O) groups is 1. The van der Waals surface area contributed by atoms with Crippen molar-refractivity contribution < 1.29 is 9.53 Å². The van der Waals surface area contributed by atoms with Crippen LogP contribution in [0.5, 0.6) is 0 Å². The molecule has 1 heterocycles. The Bertz CT molecular complexity index is 1500. The fraction of sp³-hybridized carbons (Fsp3) is 0.267. The molecule has 1 aliphatic rings. The molecule has 0 atom stereocenters. The van der Waals surface area contributed by atoms with Crippen molar-refractivity contribution >= 4 is 28.2 Å². The van der Waals surface area contributed by atoms with E-state index in [9.17, 15) is 9.59 Å². The van der Waals surface area contributed by atoms with E-state index >= 15 is 0 Å². The zero-order valence-corrected chi connectivity index (χ0v) is 20.6. The average Bonchev–Trinajstić information content (AvgIpc) is 2.87. The highest BCUT2D eigenvalue weighted by molar-refractivity contribution is 6.03. The molecule has 35 heavy (non-hydrogen) atoms. The summed E-state index contributed by atoms with van der Waals surface area (Å²) in [5, 5.41) is 4.69. The van der Waals surface area contributed by atoms with Crippen LogP contribution in [0.3, 0.4) is 0 Å². The van der Waals surface area contributed by atoms with Gasteiger partial charge in [0, 0.05) is 36.3 Å². The van der Waals surface area contributed by atoms with Crippen LogP contribution < -0.4 is 10.9 Å². The monoisotopic (exact) mass is 466 g/mol. The van der Waals surface area contributed by atoms with Crippen LogP contribution in [0, 0.1) is 5.41 Å². The zero-order chi connectivity index (χ0) is 24.7. The van der Waals surface area contributed by atoms with Crippen molar-refractivity contribution in [3.63, 3.8) is 0 Å². The molecule has 178 valence electrons. The third kappa shape index (κ3) is 4.12. The molecule has 5 rings (SSSR count). The van der Waals surface area contributed by atoms with Crippen LogP contribution in [-0.2, 0) is 29.6 Å². The van der Waals surface area contributed by atoms with E-state index in [1.165, 1.54) is 11.1 Å². The van der Waals surface area contributed by atoms with E-state index in [0.29, 0.717) is 0 Å². The molecule has 0 bridgehead atoms. The zero-order valence-electron chi connectivity index (χ0n) is 20.6. The lowest BCUT2D eigenvalue weighted by Crippen LogP contribution is -2.25. The largest absolute Gasteiger partial charge is 0.460 e. The predicted molar refractivity (Wildman–Crippen MR) is 141 cm³/mol. The Kier molecular flexibility index (Phi) is 5.72. The Morgan fingerprint density at radius 1 is 1.03 bits per heavy atom. The second kappa shape index (κ2) is 8.73. The van der Waals surface area contributed by atoms with E-state index in [-0.39, 0.29) is 18.1 Å². The summed E-state index contributed by atoms with van der Waals surface area (Å²) >= 11 is 0. The van der Waals surface area contributed by atoms with Gasteiger partial charge in [0.05, 0.1) is 10.9 Å². The Balaban J connectivity index is 1.45. The van der Waals surface area contributed by atoms with Crippen LogP contribution in [0.1, 0.15) is 43.9 Å². The highest BCUT2D eigenvalue weighted by Gasteiger charge is 2.27. The molecule has 1 aromatic heterocycles. The van der Waals surface area contributed by atoms with Gasteiger partial charge in [0.2, 0.25) is 0 Å². The Morgan fingerprint density at radius 2 is 1.77 bits per heavy atom. The van der Waals surface area contributed by atoms with Crippen LogP contribution in [-0.4, -0.2) is 10.5 Å². The van der Waals surface area contributed by atoms with E-state index in [4.69, 9.17) is 4.74 Å². The van der Waals surface area contributed by atoms with Crippen LogP contribution in [0.15, 0.2) is 71.5 Å². The summed E-state index contributed by atoms with van der Waals surface area (Å²) in [6.45, 7) is 6.06. The lowest BCUT2D eigenvalue weighted by molar-refractivity contribution is -0.155. The first-order valence-corrected chi connectivity index (χ1v) is 12.1. The van der Waals surface area contributed by atoms with Crippen molar-refractivity contribution in [2.24, 2.45) is 12.5 Å². The Morgan fingerprint density at radius 3 is 2.51 bits per heavy atom. The van der Waals surface area contributed by atoms with Crippen molar-refractivity contribution in [1.82, 2.24) is 4.57 Å². The molecule has 0 amide bonds. The number of aromatic nitrogens is 1. The highest BCUT2D eigenvalue weighted by Crippen LogP contribution is 2.41. The van der Waals surface area contributed by atoms with Crippen LogP contribution >= 0.6 is 0 Å². The highest BCUT2D eigenvalue weighted by atomic mass is 16.5. The van der Waals surface area contributed by atoms with Gasteiger partial charge in [0.15, 0.2) is 0 Å². The minimum Gasteiger partial charge on any atom is -0.460 e. The maximum absolute atomic E-state index is 12.6. The van der Waals surface area contributed by atoms with Gasteiger partial charge in [0.25, 0.3) is 5.56 Å². The number of rotatable bonds is 6. The summed E-state index contributed by atoms with van der Waals surface area (Å²) in [5.74, 6) is -0.178. The van der Waals surface area contributed by atoms with Gasteiger partial charge in [-0.05, 0) is 72.4 Å². The summed E-state index contributed by atoms with van der Waals surface area (Å²) in [6, 6.07) is 22.1. The van der Waals surface area contributed by atoms with Gasteiger partial charge in [0.1, 0.15) is 6.61 Å². The Labute approximate surface area is 205 Å². The van der Waals surface area contributed by atoms with Gasteiger partial charge in [-0.15, -0.1) is 0 Å². The molecule has 0 saturated heterocycles. The minimum absolute atomic E-state index is 0.00512. The third-order valence-electron chi connectivity index (χ3n) is 7.23.